The van der Waals surface area contributed by atoms with Crippen LogP contribution in [0.2, 0.25) is 5.02 Å². The first kappa shape index (κ1) is 16.5. The molecule has 1 aromatic heterocycles. The van der Waals surface area contributed by atoms with Crippen molar-refractivity contribution < 1.29 is 14.0 Å². The van der Waals surface area contributed by atoms with E-state index in [0.29, 0.717) is 15.3 Å². The lowest BCUT2D eigenvalue weighted by Gasteiger charge is -2.10. The summed E-state index contributed by atoms with van der Waals surface area (Å²) >= 11 is 13.8. The predicted octanol–water partition coefficient (Wildman–Crippen LogP) is 2.64. The standard InChI is InChI=1S/C13H9BrClN3O3S/c14-10-5-4-9(21-10)12(20)16-13(22)18-17-11(19)7-2-1-3-8(15)6-7/h1-6H,(H,17,19)(H2,16,18,20,22). The first-order valence-electron chi connectivity index (χ1n) is 5.88. The van der Waals surface area contributed by atoms with Crippen LogP contribution in [-0.4, -0.2) is 16.9 Å². The Labute approximate surface area is 144 Å². The SMILES string of the molecule is O=C(NNC(=S)NC(=O)c1ccc(Br)o1)c1cccc(Cl)c1. The van der Waals surface area contributed by atoms with Crippen LogP contribution >= 0.6 is 39.7 Å². The molecule has 1 aromatic carbocycles. The second-order valence-electron chi connectivity index (χ2n) is 3.98. The molecule has 0 fully saturated rings. The van der Waals surface area contributed by atoms with Gasteiger partial charge in [-0.1, -0.05) is 17.7 Å². The van der Waals surface area contributed by atoms with E-state index in [4.69, 9.17) is 28.2 Å². The molecule has 0 saturated heterocycles. The zero-order chi connectivity index (χ0) is 16.1. The minimum atomic E-state index is -0.541. The quantitative estimate of drug-likeness (QED) is 0.531. The molecule has 2 amide bonds. The third-order valence-electron chi connectivity index (χ3n) is 2.40. The van der Waals surface area contributed by atoms with Crippen LogP contribution in [-0.2, 0) is 0 Å². The van der Waals surface area contributed by atoms with Gasteiger partial charge in [-0.05, 0) is 58.5 Å². The molecule has 0 spiro atoms. The van der Waals surface area contributed by atoms with Gasteiger partial charge in [0, 0.05) is 10.6 Å². The van der Waals surface area contributed by atoms with Gasteiger partial charge in [0.2, 0.25) is 0 Å². The monoisotopic (exact) mass is 401 g/mol. The Kier molecular flexibility index (Phi) is 5.53. The lowest BCUT2D eigenvalue weighted by molar-refractivity contribution is 0.0926. The molecule has 6 nitrogen and oxygen atoms in total. The Balaban J connectivity index is 1.85. The van der Waals surface area contributed by atoms with Crippen molar-refractivity contribution in [3.05, 3.63) is 57.4 Å². The molecule has 0 bridgehead atoms. The third kappa shape index (κ3) is 4.55. The van der Waals surface area contributed by atoms with Crippen LogP contribution < -0.4 is 16.2 Å². The smallest absolute Gasteiger partial charge is 0.293 e. The molecular weight excluding hydrogens is 394 g/mol. The van der Waals surface area contributed by atoms with Gasteiger partial charge in [-0.15, -0.1) is 0 Å². The molecule has 0 aliphatic carbocycles. The summed E-state index contributed by atoms with van der Waals surface area (Å²) in [6.07, 6.45) is 0. The van der Waals surface area contributed by atoms with Crippen LogP contribution in [0.25, 0.3) is 0 Å². The number of carbonyl (C=O) groups is 2. The van der Waals surface area contributed by atoms with Crippen molar-refractivity contribution in [2.24, 2.45) is 0 Å². The van der Waals surface area contributed by atoms with Gasteiger partial charge in [0.05, 0.1) is 0 Å². The molecule has 0 aliphatic heterocycles. The van der Waals surface area contributed by atoms with E-state index in [0.717, 1.165) is 0 Å². The average Bonchev–Trinajstić information content (AvgIpc) is 2.91. The topological polar surface area (TPSA) is 83.4 Å². The maximum Gasteiger partial charge on any atom is 0.293 e. The van der Waals surface area contributed by atoms with Crippen LogP contribution in [0.1, 0.15) is 20.9 Å². The van der Waals surface area contributed by atoms with Gasteiger partial charge in [-0.3, -0.25) is 25.8 Å². The maximum absolute atomic E-state index is 11.8. The number of hydrogen-bond donors (Lipinski definition) is 3. The van der Waals surface area contributed by atoms with E-state index < -0.39 is 11.8 Å². The summed E-state index contributed by atoms with van der Waals surface area (Å²) in [7, 11) is 0. The fraction of sp³-hybridized carbons (Fsp3) is 0. The van der Waals surface area contributed by atoms with Crippen molar-refractivity contribution in [1.82, 2.24) is 16.2 Å². The van der Waals surface area contributed by atoms with Crippen molar-refractivity contribution in [2.75, 3.05) is 0 Å². The molecule has 0 aliphatic rings. The van der Waals surface area contributed by atoms with E-state index in [1.54, 1.807) is 24.3 Å². The largest absolute Gasteiger partial charge is 0.444 e. The van der Waals surface area contributed by atoms with Crippen molar-refractivity contribution >= 4 is 56.7 Å². The Morgan fingerprint density at radius 3 is 2.55 bits per heavy atom. The molecule has 0 atom stereocenters. The van der Waals surface area contributed by atoms with Crippen LogP contribution in [0.3, 0.4) is 0 Å². The van der Waals surface area contributed by atoms with E-state index in [-0.39, 0.29) is 10.9 Å². The van der Waals surface area contributed by atoms with Gasteiger partial charge in [-0.2, -0.15) is 0 Å². The number of rotatable bonds is 2. The maximum atomic E-state index is 11.8. The molecule has 2 rings (SSSR count). The van der Waals surface area contributed by atoms with Crippen LogP contribution in [0.5, 0.6) is 0 Å². The molecular formula is C13H9BrClN3O3S. The van der Waals surface area contributed by atoms with Gasteiger partial charge in [0.15, 0.2) is 15.5 Å². The van der Waals surface area contributed by atoms with Crippen molar-refractivity contribution in [1.29, 1.82) is 0 Å². The first-order chi connectivity index (χ1) is 10.5. The fourth-order valence-corrected chi connectivity index (χ4v) is 2.09. The van der Waals surface area contributed by atoms with Gasteiger partial charge >= 0.3 is 0 Å². The lowest BCUT2D eigenvalue weighted by atomic mass is 10.2. The molecule has 9 heteroatoms. The van der Waals surface area contributed by atoms with E-state index >= 15 is 0 Å². The van der Waals surface area contributed by atoms with Crippen LogP contribution in [0.4, 0.5) is 0 Å². The number of hydrogen-bond acceptors (Lipinski definition) is 4. The third-order valence-corrected chi connectivity index (χ3v) is 3.27. The predicted molar refractivity (Wildman–Crippen MR) is 88.5 cm³/mol. The molecule has 0 radical (unpaired) electrons. The summed E-state index contributed by atoms with van der Waals surface area (Å²) < 4.78 is 5.49. The minimum Gasteiger partial charge on any atom is -0.444 e. The van der Waals surface area contributed by atoms with Crippen molar-refractivity contribution in [3.8, 4) is 0 Å². The lowest BCUT2D eigenvalue weighted by Crippen LogP contribution is -2.48. The van der Waals surface area contributed by atoms with Crippen molar-refractivity contribution in [3.63, 3.8) is 0 Å². The molecule has 114 valence electrons. The number of carbonyl (C=O) groups excluding carboxylic acids is 2. The van der Waals surface area contributed by atoms with E-state index in [1.165, 1.54) is 12.1 Å². The number of nitrogens with one attached hydrogen (secondary N) is 3. The second-order valence-corrected chi connectivity index (χ2v) is 5.60. The molecule has 0 saturated carbocycles. The molecule has 2 aromatic rings. The second kappa shape index (κ2) is 7.39. The minimum absolute atomic E-state index is 0.0760. The Morgan fingerprint density at radius 2 is 1.91 bits per heavy atom. The summed E-state index contributed by atoms with van der Waals surface area (Å²) in [6.45, 7) is 0. The summed E-state index contributed by atoms with van der Waals surface area (Å²) in [5.74, 6) is -0.905. The summed E-state index contributed by atoms with van der Waals surface area (Å²) in [5.41, 5.74) is 5.11. The highest BCUT2D eigenvalue weighted by Gasteiger charge is 2.12. The molecule has 1 heterocycles. The van der Waals surface area contributed by atoms with E-state index in [9.17, 15) is 9.59 Å². The number of halogens is 2. The number of thiocarbonyl (C=S) groups is 1. The van der Waals surface area contributed by atoms with Gasteiger partial charge < -0.3 is 4.42 Å². The van der Waals surface area contributed by atoms with E-state index in [1.807, 2.05) is 0 Å². The summed E-state index contributed by atoms with van der Waals surface area (Å²) in [6, 6.07) is 9.44. The van der Waals surface area contributed by atoms with Gasteiger partial charge in [0.1, 0.15) is 0 Å². The Hall–Kier alpha value is -1.90. The zero-order valence-corrected chi connectivity index (χ0v) is 14.0. The van der Waals surface area contributed by atoms with Gasteiger partial charge in [0.25, 0.3) is 11.8 Å². The van der Waals surface area contributed by atoms with Crippen molar-refractivity contribution in [2.45, 2.75) is 0 Å². The normalized spacial score (nSPS) is 9.91. The summed E-state index contributed by atoms with van der Waals surface area (Å²) in [4.78, 5) is 23.6. The Morgan fingerprint density at radius 1 is 1.14 bits per heavy atom. The highest BCUT2D eigenvalue weighted by Crippen LogP contribution is 2.13. The number of benzene rings is 1. The highest BCUT2D eigenvalue weighted by atomic mass is 79.9. The van der Waals surface area contributed by atoms with E-state index in [2.05, 4.69) is 32.1 Å². The van der Waals surface area contributed by atoms with Gasteiger partial charge in [-0.25, -0.2) is 0 Å². The molecule has 3 N–H and O–H groups in total. The zero-order valence-electron chi connectivity index (χ0n) is 10.9. The number of furan rings is 1. The Bertz CT molecular complexity index is 735. The number of hydrazine groups is 1. The number of amides is 2. The fourth-order valence-electron chi connectivity index (χ4n) is 1.45. The average molecular weight is 403 g/mol. The molecule has 0 unspecified atom stereocenters. The first-order valence-corrected chi connectivity index (χ1v) is 7.46. The van der Waals surface area contributed by atoms with Crippen LogP contribution in [0.15, 0.2) is 45.5 Å². The molecule has 22 heavy (non-hydrogen) atoms. The van der Waals surface area contributed by atoms with Crippen LogP contribution in [0, 0.1) is 0 Å². The summed E-state index contributed by atoms with van der Waals surface area (Å²) in [5, 5.41) is 2.71. The highest BCUT2D eigenvalue weighted by molar-refractivity contribution is 9.10.